The molecular weight excluding hydrogens is 418 g/mol. The van der Waals surface area contributed by atoms with E-state index in [2.05, 4.69) is 23.1 Å². The number of hydrogen-bond acceptors (Lipinski definition) is 5. The van der Waals surface area contributed by atoms with E-state index in [1.54, 1.807) is 0 Å². The van der Waals surface area contributed by atoms with E-state index >= 15 is 0 Å². The van der Waals surface area contributed by atoms with Crippen LogP contribution in [0.5, 0.6) is 17.2 Å². The number of fused-ring (bicyclic) bond motifs is 1. The Morgan fingerprint density at radius 3 is 2.48 bits per heavy atom. The van der Waals surface area contributed by atoms with Crippen LogP contribution in [-0.2, 0) is 11.4 Å². The Balaban J connectivity index is 1.42. The van der Waals surface area contributed by atoms with Crippen LogP contribution in [0.15, 0.2) is 72.8 Å². The highest BCUT2D eigenvalue weighted by atomic mass is 16.7. The second-order valence-electron chi connectivity index (χ2n) is 8.51. The number of carboxylic acids is 1. The fourth-order valence-electron chi connectivity index (χ4n) is 4.62. The van der Waals surface area contributed by atoms with Crippen molar-refractivity contribution in [3.05, 3.63) is 89.5 Å². The van der Waals surface area contributed by atoms with E-state index in [0.29, 0.717) is 32.5 Å². The third kappa shape index (κ3) is 4.81. The smallest absolute Gasteiger partial charge is 0.306 e. The summed E-state index contributed by atoms with van der Waals surface area (Å²) in [5.74, 6) is 1.32. The predicted molar refractivity (Wildman–Crippen MR) is 124 cm³/mol. The van der Waals surface area contributed by atoms with E-state index in [9.17, 15) is 9.90 Å². The zero-order valence-electron chi connectivity index (χ0n) is 18.4. The number of likely N-dealkylation sites (tertiary alicyclic amines) is 1. The zero-order valence-corrected chi connectivity index (χ0v) is 18.4. The van der Waals surface area contributed by atoms with Crippen LogP contribution >= 0.6 is 0 Å². The van der Waals surface area contributed by atoms with Crippen molar-refractivity contribution in [3.63, 3.8) is 0 Å². The number of carbonyl (C=O) groups is 1. The van der Waals surface area contributed by atoms with Gasteiger partial charge in [-0.2, -0.15) is 0 Å². The highest BCUT2D eigenvalue weighted by Crippen LogP contribution is 2.39. The third-order valence-corrected chi connectivity index (χ3v) is 6.38. The first kappa shape index (κ1) is 21.3. The van der Waals surface area contributed by atoms with Crippen LogP contribution in [0.25, 0.3) is 0 Å². The number of hydrogen-bond donors (Lipinski definition) is 1. The van der Waals surface area contributed by atoms with Gasteiger partial charge in [-0.15, -0.1) is 0 Å². The molecule has 0 spiro atoms. The first-order chi connectivity index (χ1) is 16.2. The number of ether oxygens (including phenoxy) is 3. The molecule has 0 radical (unpaired) electrons. The number of benzene rings is 3. The number of nitrogens with zero attached hydrogens (tertiary/aromatic N) is 1. The molecule has 2 aliphatic heterocycles. The van der Waals surface area contributed by atoms with Gasteiger partial charge in [0.05, 0.1) is 12.0 Å². The molecule has 0 aromatic heterocycles. The molecule has 1 atom stereocenters. The van der Waals surface area contributed by atoms with Crippen molar-refractivity contribution in [3.8, 4) is 17.2 Å². The maximum Gasteiger partial charge on any atom is 0.306 e. The molecular formula is C27H27NO5. The summed E-state index contributed by atoms with van der Waals surface area (Å²) in [6, 6.07) is 24.3. The summed E-state index contributed by atoms with van der Waals surface area (Å²) in [6.45, 7) is 2.16. The molecule has 3 aromatic carbocycles. The summed E-state index contributed by atoms with van der Waals surface area (Å²) < 4.78 is 17.2. The van der Waals surface area contributed by atoms with Crippen molar-refractivity contribution in [2.24, 2.45) is 5.92 Å². The molecule has 170 valence electrons. The van der Waals surface area contributed by atoms with Gasteiger partial charge in [-0.1, -0.05) is 48.5 Å². The fraction of sp³-hybridized carbons (Fsp3) is 0.296. The first-order valence-electron chi connectivity index (χ1n) is 11.3. The lowest BCUT2D eigenvalue weighted by Gasteiger charge is -2.37. The Morgan fingerprint density at radius 1 is 0.939 bits per heavy atom. The normalized spacial score (nSPS) is 17.0. The van der Waals surface area contributed by atoms with Crippen molar-refractivity contribution in [2.45, 2.75) is 25.5 Å². The van der Waals surface area contributed by atoms with E-state index in [4.69, 9.17) is 14.2 Å². The molecule has 0 bridgehead atoms. The summed E-state index contributed by atoms with van der Waals surface area (Å²) in [5.41, 5.74) is 3.31. The van der Waals surface area contributed by atoms with Gasteiger partial charge in [0, 0.05) is 0 Å². The van der Waals surface area contributed by atoms with Crippen LogP contribution < -0.4 is 14.2 Å². The van der Waals surface area contributed by atoms with Gasteiger partial charge in [0.1, 0.15) is 12.4 Å². The van der Waals surface area contributed by atoms with Crippen LogP contribution in [-0.4, -0.2) is 35.9 Å². The number of rotatable bonds is 7. The van der Waals surface area contributed by atoms with Crippen molar-refractivity contribution in [1.29, 1.82) is 0 Å². The Kier molecular flexibility index (Phi) is 6.17. The van der Waals surface area contributed by atoms with E-state index in [-0.39, 0.29) is 18.8 Å². The molecule has 0 amide bonds. The molecule has 1 unspecified atom stereocenters. The van der Waals surface area contributed by atoms with Gasteiger partial charge >= 0.3 is 5.97 Å². The van der Waals surface area contributed by atoms with Crippen molar-refractivity contribution < 1.29 is 24.1 Å². The maximum atomic E-state index is 11.5. The van der Waals surface area contributed by atoms with Crippen LogP contribution in [0.1, 0.15) is 35.6 Å². The average molecular weight is 446 g/mol. The fourth-order valence-corrected chi connectivity index (χ4v) is 4.62. The topological polar surface area (TPSA) is 68.2 Å². The second kappa shape index (κ2) is 9.55. The minimum Gasteiger partial charge on any atom is -0.489 e. The Hall–Kier alpha value is -3.51. The summed E-state index contributed by atoms with van der Waals surface area (Å²) in [5, 5.41) is 9.43. The molecule has 1 N–H and O–H groups in total. The van der Waals surface area contributed by atoms with Crippen molar-refractivity contribution >= 4 is 5.97 Å². The lowest BCUT2D eigenvalue weighted by molar-refractivity contribution is -0.143. The van der Waals surface area contributed by atoms with Crippen LogP contribution in [0, 0.1) is 5.92 Å². The molecule has 1 saturated heterocycles. The second-order valence-corrected chi connectivity index (χ2v) is 8.51. The van der Waals surface area contributed by atoms with Crippen molar-refractivity contribution in [1.82, 2.24) is 4.90 Å². The van der Waals surface area contributed by atoms with Gasteiger partial charge in [0.25, 0.3) is 0 Å². The Morgan fingerprint density at radius 2 is 1.70 bits per heavy atom. The highest BCUT2D eigenvalue weighted by molar-refractivity contribution is 5.70. The summed E-state index contributed by atoms with van der Waals surface area (Å²) in [4.78, 5) is 13.8. The standard InChI is InChI=1S/C27H27NO5/c29-27(30)20-11-13-28(14-12-20)26(22-9-10-24-25(16-22)33-18-32-24)21-7-4-8-23(15-21)31-17-19-5-2-1-3-6-19/h1-10,15-16,20,26H,11-14,17-18H2,(H,29,30). The Labute approximate surface area is 193 Å². The van der Waals surface area contributed by atoms with E-state index in [1.807, 2.05) is 54.6 Å². The van der Waals surface area contributed by atoms with Gasteiger partial charge in [0.2, 0.25) is 6.79 Å². The van der Waals surface area contributed by atoms with Gasteiger partial charge in [-0.25, -0.2) is 0 Å². The third-order valence-electron chi connectivity index (χ3n) is 6.38. The molecule has 33 heavy (non-hydrogen) atoms. The largest absolute Gasteiger partial charge is 0.489 e. The summed E-state index contributed by atoms with van der Waals surface area (Å²) >= 11 is 0. The molecule has 6 nitrogen and oxygen atoms in total. The monoisotopic (exact) mass is 445 g/mol. The number of piperidine rings is 1. The minimum absolute atomic E-state index is 0.0329. The quantitative estimate of drug-likeness (QED) is 0.559. The summed E-state index contributed by atoms with van der Waals surface area (Å²) in [7, 11) is 0. The average Bonchev–Trinajstić information content (AvgIpc) is 3.32. The number of carboxylic acid groups (broad SMARTS) is 1. The molecule has 1 fully saturated rings. The van der Waals surface area contributed by atoms with Crippen LogP contribution in [0.3, 0.4) is 0 Å². The molecule has 0 aliphatic carbocycles. The number of aliphatic carboxylic acids is 1. The maximum absolute atomic E-state index is 11.5. The lowest BCUT2D eigenvalue weighted by Crippen LogP contribution is -2.39. The zero-order chi connectivity index (χ0) is 22.6. The van der Waals surface area contributed by atoms with Gasteiger partial charge in [-0.3, -0.25) is 9.69 Å². The summed E-state index contributed by atoms with van der Waals surface area (Å²) in [6.07, 6.45) is 1.28. The van der Waals surface area contributed by atoms with Gasteiger partial charge in [0.15, 0.2) is 11.5 Å². The molecule has 0 saturated carbocycles. The Bertz CT molecular complexity index is 1110. The molecule has 6 heteroatoms. The predicted octanol–water partition coefficient (Wildman–Crippen LogP) is 4.88. The molecule has 2 aliphatic rings. The van der Waals surface area contributed by atoms with E-state index in [0.717, 1.165) is 33.9 Å². The van der Waals surface area contributed by atoms with Gasteiger partial charge < -0.3 is 19.3 Å². The van der Waals surface area contributed by atoms with Crippen molar-refractivity contribution in [2.75, 3.05) is 19.9 Å². The lowest BCUT2D eigenvalue weighted by atomic mass is 9.91. The van der Waals surface area contributed by atoms with E-state index < -0.39 is 5.97 Å². The van der Waals surface area contributed by atoms with Crippen LogP contribution in [0.4, 0.5) is 0 Å². The SMILES string of the molecule is O=C(O)C1CCN(C(c2cccc(OCc3ccccc3)c2)c2ccc3c(c2)OCO3)CC1. The highest BCUT2D eigenvalue weighted by Gasteiger charge is 2.31. The van der Waals surface area contributed by atoms with E-state index in [1.165, 1.54) is 0 Å². The molecule has 5 rings (SSSR count). The minimum atomic E-state index is -0.703. The van der Waals surface area contributed by atoms with Gasteiger partial charge in [-0.05, 0) is 66.9 Å². The molecule has 3 aromatic rings. The molecule has 2 heterocycles. The first-order valence-corrected chi connectivity index (χ1v) is 11.3. The van der Waals surface area contributed by atoms with Crippen LogP contribution in [0.2, 0.25) is 0 Å².